The fourth-order valence-electron chi connectivity index (χ4n) is 5.23. The van der Waals surface area contributed by atoms with Crippen molar-refractivity contribution in [3.05, 3.63) is 77.9 Å². The number of benzene rings is 3. The van der Waals surface area contributed by atoms with Gasteiger partial charge in [-0.2, -0.15) is 4.58 Å². The molecule has 0 bridgehead atoms. The SMILES string of the molecule is CCCCN(CCCC)c1ccc(C=CC2=[N+](C)c3ccc4ccccc4c3C2(C)C)cc1. The Morgan fingerprint density at radius 1 is 0.818 bits per heavy atom. The van der Waals surface area contributed by atoms with Crippen LogP contribution in [0.2, 0.25) is 0 Å². The number of rotatable bonds is 9. The van der Waals surface area contributed by atoms with Crippen molar-refractivity contribution in [3.63, 3.8) is 0 Å². The van der Waals surface area contributed by atoms with Crippen LogP contribution in [0.4, 0.5) is 11.4 Å². The normalized spacial score (nSPS) is 14.9. The van der Waals surface area contributed by atoms with Gasteiger partial charge in [0, 0.05) is 36.5 Å². The Morgan fingerprint density at radius 2 is 1.48 bits per heavy atom. The lowest BCUT2D eigenvalue weighted by Crippen LogP contribution is -2.26. The quantitative estimate of drug-likeness (QED) is 0.306. The second-order valence-corrected chi connectivity index (χ2v) is 9.87. The largest absolute Gasteiger partial charge is 0.372 e. The fraction of sp³-hybridized carbons (Fsp3) is 0.387. The Labute approximate surface area is 200 Å². The summed E-state index contributed by atoms with van der Waals surface area (Å²) < 4.78 is 2.36. The van der Waals surface area contributed by atoms with Crippen LogP contribution in [0.1, 0.15) is 64.5 Å². The number of hydrogen-bond donors (Lipinski definition) is 0. The van der Waals surface area contributed by atoms with Gasteiger partial charge in [-0.3, -0.25) is 0 Å². The molecule has 172 valence electrons. The van der Waals surface area contributed by atoms with Crippen LogP contribution in [-0.2, 0) is 5.41 Å². The molecule has 0 saturated heterocycles. The van der Waals surface area contributed by atoms with Gasteiger partial charge in [0.15, 0.2) is 5.71 Å². The summed E-state index contributed by atoms with van der Waals surface area (Å²) in [6.45, 7) is 11.5. The molecule has 1 heterocycles. The van der Waals surface area contributed by atoms with E-state index in [2.05, 4.69) is 117 Å². The monoisotopic (exact) mass is 439 g/mol. The first-order chi connectivity index (χ1) is 16.0. The van der Waals surface area contributed by atoms with Crippen molar-refractivity contribution in [2.24, 2.45) is 0 Å². The molecule has 4 rings (SSSR count). The zero-order valence-corrected chi connectivity index (χ0v) is 21.1. The molecule has 3 aromatic rings. The highest BCUT2D eigenvalue weighted by atomic mass is 15.1. The zero-order chi connectivity index (χ0) is 23.4. The van der Waals surface area contributed by atoms with Crippen LogP contribution in [-0.4, -0.2) is 30.4 Å². The molecule has 2 heteroatoms. The Morgan fingerprint density at radius 3 is 2.15 bits per heavy atom. The van der Waals surface area contributed by atoms with Crippen molar-refractivity contribution < 1.29 is 4.58 Å². The van der Waals surface area contributed by atoms with Gasteiger partial charge in [-0.15, -0.1) is 0 Å². The van der Waals surface area contributed by atoms with Crippen molar-refractivity contribution in [3.8, 4) is 0 Å². The minimum Gasteiger partial charge on any atom is -0.372 e. The molecule has 0 radical (unpaired) electrons. The van der Waals surface area contributed by atoms with Crippen molar-refractivity contribution in [1.29, 1.82) is 0 Å². The van der Waals surface area contributed by atoms with Crippen LogP contribution in [0.3, 0.4) is 0 Å². The molecule has 0 N–H and O–H groups in total. The smallest absolute Gasteiger partial charge is 0.210 e. The topological polar surface area (TPSA) is 6.25 Å². The molecule has 0 spiro atoms. The Hall–Kier alpha value is -2.87. The second-order valence-electron chi connectivity index (χ2n) is 9.87. The molecule has 0 aromatic heterocycles. The van der Waals surface area contributed by atoms with Crippen molar-refractivity contribution in [2.75, 3.05) is 25.0 Å². The maximum atomic E-state index is 2.55. The standard InChI is InChI=1S/C31H39N2/c1-6-8-22-33(23-9-7-2)26-18-14-24(15-19-26)16-21-29-31(3,4)30-27-13-11-10-12-25(27)17-20-28(30)32(29)5/h10-21H,6-9,22-23H2,1-5H3/q+1. The Balaban J connectivity index is 1.58. The van der Waals surface area contributed by atoms with Crippen LogP contribution in [0.25, 0.3) is 16.8 Å². The highest BCUT2D eigenvalue weighted by Crippen LogP contribution is 2.43. The first kappa shape index (κ1) is 23.3. The van der Waals surface area contributed by atoms with E-state index in [1.807, 2.05) is 0 Å². The molecular formula is C31H39N2+. The molecule has 3 aromatic carbocycles. The van der Waals surface area contributed by atoms with Gasteiger partial charge < -0.3 is 4.90 Å². The third kappa shape index (κ3) is 4.62. The third-order valence-corrected chi connectivity index (χ3v) is 7.15. The number of fused-ring (bicyclic) bond motifs is 3. The minimum atomic E-state index is -0.0432. The third-order valence-electron chi connectivity index (χ3n) is 7.15. The van der Waals surface area contributed by atoms with Gasteiger partial charge in [0.1, 0.15) is 7.05 Å². The van der Waals surface area contributed by atoms with Gasteiger partial charge in [-0.25, -0.2) is 0 Å². The van der Waals surface area contributed by atoms with Gasteiger partial charge in [-0.05, 0) is 67.3 Å². The lowest BCUT2D eigenvalue weighted by atomic mass is 9.79. The van der Waals surface area contributed by atoms with E-state index in [9.17, 15) is 0 Å². The van der Waals surface area contributed by atoms with Crippen molar-refractivity contribution >= 4 is 33.9 Å². The van der Waals surface area contributed by atoms with Gasteiger partial charge in [-0.1, -0.05) is 63.1 Å². The lowest BCUT2D eigenvalue weighted by molar-refractivity contribution is -0.401. The van der Waals surface area contributed by atoms with Crippen molar-refractivity contribution in [2.45, 2.75) is 58.8 Å². The summed E-state index contributed by atoms with van der Waals surface area (Å²) in [6, 6.07) is 22.4. The molecule has 0 fully saturated rings. The van der Waals surface area contributed by atoms with Crippen molar-refractivity contribution in [1.82, 2.24) is 0 Å². The first-order valence-corrected chi connectivity index (χ1v) is 12.6. The summed E-state index contributed by atoms with van der Waals surface area (Å²) in [5, 5.41) is 2.67. The van der Waals surface area contributed by atoms with E-state index in [0.717, 1.165) is 13.1 Å². The maximum absolute atomic E-state index is 2.55. The summed E-state index contributed by atoms with van der Waals surface area (Å²) in [5.74, 6) is 0. The molecule has 0 unspecified atom stereocenters. The Bertz CT molecular complexity index is 1160. The van der Waals surface area contributed by atoms with Gasteiger partial charge in [0.2, 0.25) is 5.69 Å². The lowest BCUT2D eigenvalue weighted by Gasteiger charge is -2.24. The van der Waals surface area contributed by atoms with E-state index >= 15 is 0 Å². The van der Waals surface area contributed by atoms with E-state index in [-0.39, 0.29) is 5.41 Å². The number of hydrogen-bond acceptors (Lipinski definition) is 1. The summed E-state index contributed by atoms with van der Waals surface area (Å²) in [5.41, 5.74) is 6.64. The average molecular weight is 440 g/mol. The highest BCUT2D eigenvalue weighted by molar-refractivity contribution is 6.09. The Kier molecular flexibility index (Phi) is 7.02. The number of nitrogens with zero attached hydrogens (tertiary/aromatic N) is 2. The molecule has 1 aliphatic heterocycles. The summed E-state index contributed by atoms with van der Waals surface area (Å²) in [6.07, 6.45) is 9.57. The van der Waals surface area contributed by atoms with E-state index in [1.54, 1.807) is 0 Å². The molecule has 1 aliphatic rings. The highest BCUT2D eigenvalue weighted by Gasteiger charge is 2.44. The molecular weight excluding hydrogens is 400 g/mol. The number of allylic oxidation sites excluding steroid dienone is 1. The molecule has 33 heavy (non-hydrogen) atoms. The number of anilines is 1. The molecule has 0 saturated carbocycles. The summed E-state index contributed by atoms with van der Waals surface area (Å²) in [7, 11) is 2.20. The number of unbranched alkanes of at least 4 members (excludes halogenated alkanes) is 2. The fourth-order valence-corrected chi connectivity index (χ4v) is 5.23. The van der Waals surface area contributed by atoms with E-state index in [4.69, 9.17) is 0 Å². The second kappa shape index (κ2) is 9.95. The van der Waals surface area contributed by atoms with Gasteiger partial charge in [0.05, 0.1) is 5.41 Å². The predicted octanol–water partition coefficient (Wildman–Crippen LogP) is 7.97. The molecule has 0 amide bonds. The summed E-state index contributed by atoms with van der Waals surface area (Å²) >= 11 is 0. The van der Waals surface area contributed by atoms with Gasteiger partial charge >= 0.3 is 0 Å². The van der Waals surface area contributed by atoms with E-state index in [0.29, 0.717) is 0 Å². The zero-order valence-electron chi connectivity index (χ0n) is 21.1. The van der Waals surface area contributed by atoms with Crippen LogP contribution in [0.15, 0.2) is 66.7 Å². The molecule has 0 atom stereocenters. The average Bonchev–Trinajstić information content (AvgIpc) is 3.03. The van der Waals surface area contributed by atoms with Gasteiger partial charge in [0.25, 0.3) is 0 Å². The van der Waals surface area contributed by atoms with Crippen LogP contribution < -0.4 is 4.90 Å². The van der Waals surface area contributed by atoms with Crippen LogP contribution in [0.5, 0.6) is 0 Å². The first-order valence-electron chi connectivity index (χ1n) is 12.6. The van der Waals surface area contributed by atoms with E-state index < -0.39 is 0 Å². The van der Waals surface area contributed by atoms with E-state index in [1.165, 1.54) is 64.7 Å². The minimum absolute atomic E-state index is 0.0432. The predicted molar refractivity (Wildman–Crippen MR) is 145 cm³/mol. The summed E-state index contributed by atoms with van der Waals surface area (Å²) in [4.78, 5) is 2.55. The maximum Gasteiger partial charge on any atom is 0.210 e. The molecule has 2 nitrogen and oxygen atoms in total. The molecule has 0 aliphatic carbocycles. The van der Waals surface area contributed by atoms with Crippen LogP contribution in [0, 0.1) is 0 Å². The van der Waals surface area contributed by atoms with Crippen LogP contribution >= 0.6 is 0 Å².